The van der Waals surface area contributed by atoms with E-state index in [0.29, 0.717) is 12.0 Å². The summed E-state index contributed by atoms with van der Waals surface area (Å²) in [4.78, 5) is 7.01. The molecule has 0 amide bonds. The van der Waals surface area contributed by atoms with Gasteiger partial charge in [-0.25, -0.2) is 4.98 Å². The lowest BCUT2D eigenvalue weighted by Gasteiger charge is -2.40. The van der Waals surface area contributed by atoms with Crippen LogP contribution >= 0.6 is 0 Å². The maximum absolute atomic E-state index is 10.4. The van der Waals surface area contributed by atoms with Gasteiger partial charge in [-0.2, -0.15) is 0 Å². The molecular weight excluding hydrogens is 214 g/mol. The van der Waals surface area contributed by atoms with Gasteiger partial charge in [0.1, 0.15) is 0 Å². The molecule has 0 atom stereocenters. The summed E-state index contributed by atoms with van der Waals surface area (Å²) in [6.07, 6.45) is 7.49. The number of nitrogens with zero attached hydrogens (tertiary/aromatic N) is 1. The van der Waals surface area contributed by atoms with E-state index in [-0.39, 0.29) is 0 Å². The van der Waals surface area contributed by atoms with Gasteiger partial charge in [0.25, 0.3) is 0 Å². The first-order chi connectivity index (χ1) is 7.99. The standard InChI is InChI=1S/C13H23N3O/c1-12(2)3-5-13(17,6-4-12)9-14-7-11-8-15-10-16-11/h8,10,14,17H,3-7,9H2,1-2H3,(H,15,16). The summed E-state index contributed by atoms with van der Waals surface area (Å²) in [5.74, 6) is 0. The molecule has 3 N–H and O–H groups in total. The molecule has 1 fully saturated rings. The van der Waals surface area contributed by atoms with Crippen molar-refractivity contribution in [3.63, 3.8) is 0 Å². The van der Waals surface area contributed by atoms with Crippen molar-refractivity contribution in [2.75, 3.05) is 6.54 Å². The van der Waals surface area contributed by atoms with E-state index in [1.807, 2.05) is 0 Å². The Labute approximate surface area is 103 Å². The van der Waals surface area contributed by atoms with Crippen LogP contribution < -0.4 is 5.32 Å². The summed E-state index contributed by atoms with van der Waals surface area (Å²) in [7, 11) is 0. The highest BCUT2D eigenvalue weighted by atomic mass is 16.3. The largest absolute Gasteiger partial charge is 0.389 e. The van der Waals surface area contributed by atoms with Crippen molar-refractivity contribution < 1.29 is 5.11 Å². The fourth-order valence-electron chi connectivity index (χ4n) is 2.38. The van der Waals surface area contributed by atoms with Crippen LogP contribution in [0, 0.1) is 5.41 Å². The quantitative estimate of drug-likeness (QED) is 0.748. The third-order valence-corrected chi connectivity index (χ3v) is 3.86. The van der Waals surface area contributed by atoms with Crippen molar-refractivity contribution in [3.8, 4) is 0 Å². The summed E-state index contributed by atoms with van der Waals surface area (Å²) >= 11 is 0. The van der Waals surface area contributed by atoms with Gasteiger partial charge < -0.3 is 15.4 Å². The Morgan fingerprint density at radius 2 is 2.06 bits per heavy atom. The van der Waals surface area contributed by atoms with E-state index in [9.17, 15) is 5.11 Å². The number of aromatic amines is 1. The summed E-state index contributed by atoms with van der Waals surface area (Å²) in [5, 5.41) is 13.7. The molecule has 0 unspecified atom stereocenters. The third-order valence-electron chi connectivity index (χ3n) is 3.86. The van der Waals surface area contributed by atoms with Crippen LogP contribution in [0.25, 0.3) is 0 Å². The normalized spacial score (nSPS) is 22.5. The lowest BCUT2D eigenvalue weighted by Crippen LogP contribution is -2.44. The lowest BCUT2D eigenvalue weighted by atomic mass is 9.71. The molecule has 0 saturated heterocycles. The van der Waals surface area contributed by atoms with Crippen molar-refractivity contribution in [2.45, 2.75) is 51.7 Å². The summed E-state index contributed by atoms with van der Waals surface area (Å²) in [6, 6.07) is 0. The van der Waals surface area contributed by atoms with E-state index >= 15 is 0 Å². The number of imidazole rings is 1. The van der Waals surface area contributed by atoms with Gasteiger partial charge in [0.05, 0.1) is 11.9 Å². The Morgan fingerprint density at radius 1 is 1.35 bits per heavy atom. The van der Waals surface area contributed by atoms with Crippen LogP contribution in [0.3, 0.4) is 0 Å². The maximum Gasteiger partial charge on any atom is 0.0922 e. The molecule has 4 nitrogen and oxygen atoms in total. The Balaban J connectivity index is 1.75. The second kappa shape index (κ2) is 4.78. The Bertz CT molecular complexity index is 336. The highest BCUT2D eigenvalue weighted by Crippen LogP contribution is 2.39. The predicted molar refractivity (Wildman–Crippen MR) is 67.5 cm³/mol. The molecule has 0 radical (unpaired) electrons. The molecule has 1 aromatic heterocycles. The predicted octanol–water partition coefficient (Wildman–Crippen LogP) is 1.83. The van der Waals surface area contributed by atoms with E-state index in [1.165, 1.54) is 0 Å². The lowest BCUT2D eigenvalue weighted by molar-refractivity contribution is -0.0245. The number of nitrogens with one attached hydrogen (secondary N) is 2. The van der Waals surface area contributed by atoms with Gasteiger partial charge in [0, 0.05) is 25.0 Å². The van der Waals surface area contributed by atoms with E-state index in [0.717, 1.165) is 37.9 Å². The smallest absolute Gasteiger partial charge is 0.0922 e. The Hall–Kier alpha value is -0.870. The summed E-state index contributed by atoms with van der Waals surface area (Å²) in [5.41, 5.74) is 0.940. The molecular formula is C13H23N3O. The van der Waals surface area contributed by atoms with Gasteiger partial charge in [0.2, 0.25) is 0 Å². The zero-order chi connectivity index (χ0) is 12.4. The molecule has 0 spiro atoms. The molecule has 17 heavy (non-hydrogen) atoms. The zero-order valence-electron chi connectivity index (χ0n) is 10.8. The van der Waals surface area contributed by atoms with E-state index in [1.54, 1.807) is 12.5 Å². The monoisotopic (exact) mass is 237 g/mol. The molecule has 96 valence electrons. The molecule has 0 aliphatic heterocycles. The molecule has 4 heteroatoms. The molecule has 1 aromatic rings. The molecule has 1 heterocycles. The number of aliphatic hydroxyl groups is 1. The minimum absolute atomic E-state index is 0.398. The van der Waals surface area contributed by atoms with Gasteiger partial charge in [-0.3, -0.25) is 0 Å². The van der Waals surface area contributed by atoms with Gasteiger partial charge in [0.15, 0.2) is 0 Å². The first-order valence-electron chi connectivity index (χ1n) is 6.40. The second-order valence-corrected chi connectivity index (χ2v) is 6.07. The van der Waals surface area contributed by atoms with Gasteiger partial charge >= 0.3 is 0 Å². The first-order valence-corrected chi connectivity index (χ1v) is 6.40. The topological polar surface area (TPSA) is 60.9 Å². The molecule has 0 bridgehead atoms. The van der Waals surface area contributed by atoms with Crippen LogP contribution in [-0.2, 0) is 6.54 Å². The van der Waals surface area contributed by atoms with E-state index in [4.69, 9.17) is 0 Å². The third kappa shape index (κ3) is 3.54. The average molecular weight is 237 g/mol. The number of hydrogen-bond donors (Lipinski definition) is 3. The second-order valence-electron chi connectivity index (χ2n) is 6.07. The maximum atomic E-state index is 10.4. The van der Waals surface area contributed by atoms with Crippen LogP contribution in [0.1, 0.15) is 45.2 Å². The number of H-pyrrole nitrogens is 1. The number of hydrogen-bond acceptors (Lipinski definition) is 3. The fourth-order valence-corrected chi connectivity index (χ4v) is 2.38. The molecule has 1 aliphatic carbocycles. The van der Waals surface area contributed by atoms with Crippen LogP contribution in [0.5, 0.6) is 0 Å². The summed E-state index contributed by atoms with van der Waals surface area (Å²) in [6.45, 7) is 5.98. The molecule has 0 aromatic carbocycles. The van der Waals surface area contributed by atoms with Crippen molar-refractivity contribution >= 4 is 0 Å². The molecule has 1 saturated carbocycles. The van der Waals surface area contributed by atoms with Crippen molar-refractivity contribution in [2.24, 2.45) is 5.41 Å². The molecule has 1 aliphatic rings. The van der Waals surface area contributed by atoms with Crippen LogP contribution in [0.15, 0.2) is 12.5 Å². The SMILES string of the molecule is CC1(C)CCC(O)(CNCc2cnc[nH]2)CC1. The van der Waals surface area contributed by atoms with E-state index in [2.05, 4.69) is 29.1 Å². The highest BCUT2D eigenvalue weighted by Gasteiger charge is 2.36. The van der Waals surface area contributed by atoms with Crippen molar-refractivity contribution in [3.05, 3.63) is 18.2 Å². The number of aromatic nitrogens is 2. The van der Waals surface area contributed by atoms with E-state index < -0.39 is 5.60 Å². The zero-order valence-corrected chi connectivity index (χ0v) is 10.8. The van der Waals surface area contributed by atoms with Gasteiger partial charge in [-0.15, -0.1) is 0 Å². The van der Waals surface area contributed by atoms with Crippen LogP contribution in [-0.4, -0.2) is 27.2 Å². The molecule has 2 rings (SSSR count). The average Bonchev–Trinajstić information content (AvgIpc) is 2.77. The van der Waals surface area contributed by atoms with Crippen LogP contribution in [0.2, 0.25) is 0 Å². The van der Waals surface area contributed by atoms with Crippen molar-refractivity contribution in [1.82, 2.24) is 15.3 Å². The Kier molecular flexibility index (Phi) is 3.54. The number of rotatable bonds is 4. The van der Waals surface area contributed by atoms with Gasteiger partial charge in [-0.05, 0) is 31.1 Å². The van der Waals surface area contributed by atoms with Crippen molar-refractivity contribution in [1.29, 1.82) is 0 Å². The first kappa shape index (κ1) is 12.6. The fraction of sp³-hybridized carbons (Fsp3) is 0.769. The van der Waals surface area contributed by atoms with Crippen LogP contribution in [0.4, 0.5) is 0 Å². The summed E-state index contributed by atoms with van der Waals surface area (Å²) < 4.78 is 0. The van der Waals surface area contributed by atoms with Gasteiger partial charge in [-0.1, -0.05) is 13.8 Å². The minimum Gasteiger partial charge on any atom is -0.389 e. The Morgan fingerprint density at radius 3 is 2.65 bits per heavy atom. The highest BCUT2D eigenvalue weighted by molar-refractivity contribution is 4.95. The minimum atomic E-state index is -0.518.